The van der Waals surface area contributed by atoms with Crippen LogP contribution in [-0.2, 0) is 9.59 Å². The first-order chi connectivity index (χ1) is 8.61. The molecule has 1 spiro atoms. The average molecular weight is 251 g/mol. The normalized spacial score (nSPS) is 27.4. The molecule has 1 N–H and O–H groups in total. The van der Waals surface area contributed by atoms with E-state index in [2.05, 4.69) is 12.2 Å². The van der Waals surface area contributed by atoms with Crippen molar-refractivity contribution < 1.29 is 14.7 Å². The predicted molar refractivity (Wildman–Crippen MR) is 68.1 cm³/mol. The molecule has 100 valence electrons. The first kappa shape index (κ1) is 13.1. The third-order valence-electron chi connectivity index (χ3n) is 4.13. The summed E-state index contributed by atoms with van der Waals surface area (Å²) in [5.41, 5.74) is 0.270. The molecule has 0 aromatic heterocycles. The van der Waals surface area contributed by atoms with Gasteiger partial charge in [0.05, 0.1) is 6.42 Å². The molecule has 1 aliphatic carbocycles. The lowest BCUT2D eigenvalue weighted by Crippen LogP contribution is -2.46. The Morgan fingerprint density at radius 3 is 2.72 bits per heavy atom. The van der Waals surface area contributed by atoms with Gasteiger partial charge in [0.1, 0.15) is 0 Å². The zero-order chi connectivity index (χ0) is 13.0. The van der Waals surface area contributed by atoms with Crippen LogP contribution in [0.3, 0.4) is 0 Å². The third-order valence-corrected chi connectivity index (χ3v) is 4.13. The summed E-state index contributed by atoms with van der Waals surface area (Å²) in [7, 11) is 0. The Hall–Kier alpha value is -1.32. The van der Waals surface area contributed by atoms with Crippen LogP contribution in [0, 0.1) is 5.41 Å². The molecule has 0 aromatic rings. The number of piperidine rings is 1. The maximum atomic E-state index is 12.0. The smallest absolute Gasteiger partial charge is 0.303 e. The highest BCUT2D eigenvalue weighted by atomic mass is 16.4. The van der Waals surface area contributed by atoms with Crippen LogP contribution >= 0.6 is 0 Å². The van der Waals surface area contributed by atoms with Crippen LogP contribution in [0.25, 0.3) is 0 Å². The lowest BCUT2D eigenvalue weighted by molar-refractivity contribution is -0.142. The quantitative estimate of drug-likeness (QED) is 0.782. The van der Waals surface area contributed by atoms with Gasteiger partial charge in [-0.15, -0.1) is 0 Å². The Labute approximate surface area is 108 Å². The van der Waals surface area contributed by atoms with Crippen LogP contribution in [-0.4, -0.2) is 35.0 Å². The van der Waals surface area contributed by atoms with Crippen LogP contribution in [0.15, 0.2) is 12.2 Å². The van der Waals surface area contributed by atoms with Gasteiger partial charge >= 0.3 is 5.97 Å². The maximum Gasteiger partial charge on any atom is 0.303 e. The van der Waals surface area contributed by atoms with E-state index in [0.29, 0.717) is 0 Å². The SMILES string of the molecule is O=C(O)CCC(=O)N1CCCC2(CC=CCC2)C1. The van der Waals surface area contributed by atoms with Gasteiger partial charge in [-0.2, -0.15) is 0 Å². The van der Waals surface area contributed by atoms with E-state index in [9.17, 15) is 9.59 Å². The Kier molecular flexibility index (Phi) is 4.04. The molecular formula is C14H21NO3. The Morgan fingerprint density at radius 1 is 1.22 bits per heavy atom. The van der Waals surface area contributed by atoms with Crippen molar-refractivity contribution in [1.29, 1.82) is 0 Å². The molecule has 1 amide bonds. The predicted octanol–water partition coefficient (Wildman–Crippen LogP) is 2.20. The van der Waals surface area contributed by atoms with E-state index < -0.39 is 5.97 Å². The van der Waals surface area contributed by atoms with E-state index in [1.807, 2.05) is 4.90 Å². The minimum Gasteiger partial charge on any atom is -0.481 e. The summed E-state index contributed by atoms with van der Waals surface area (Å²) in [4.78, 5) is 24.4. The van der Waals surface area contributed by atoms with Crippen LogP contribution < -0.4 is 0 Å². The van der Waals surface area contributed by atoms with E-state index in [1.165, 1.54) is 6.42 Å². The molecule has 0 saturated carbocycles. The van der Waals surface area contributed by atoms with Crippen molar-refractivity contribution in [2.24, 2.45) is 5.41 Å². The van der Waals surface area contributed by atoms with Gasteiger partial charge in [-0.3, -0.25) is 9.59 Å². The molecule has 18 heavy (non-hydrogen) atoms. The molecule has 0 radical (unpaired) electrons. The van der Waals surface area contributed by atoms with Crippen molar-refractivity contribution in [2.75, 3.05) is 13.1 Å². The summed E-state index contributed by atoms with van der Waals surface area (Å²) in [5, 5.41) is 8.62. The lowest BCUT2D eigenvalue weighted by Gasteiger charge is -2.44. The highest BCUT2D eigenvalue weighted by Crippen LogP contribution is 2.40. The number of amides is 1. The molecule has 1 unspecified atom stereocenters. The van der Waals surface area contributed by atoms with Gasteiger partial charge in [0.25, 0.3) is 0 Å². The van der Waals surface area contributed by atoms with Gasteiger partial charge in [-0.05, 0) is 37.5 Å². The summed E-state index contributed by atoms with van der Waals surface area (Å²) < 4.78 is 0. The highest BCUT2D eigenvalue weighted by molar-refractivity contribution is 5.80. The number of hydrogen-bond acceptors (Lipinski definition) is 2. The number of hydrogen-bond donors (Lipinski definition) is 1. The monoisotopic (exact) mass is 251 g/mol. The molecule has 1 atom stereocenters. The van der Waals surface area contributed by atoms with Crippen LogP contribution in [0.2, 0.25) is 0 Å². The van der Waals surface area contributed by atoms with E-state index >= 15 is 0 Å². The van der Waals surface area contributed by atoms with Crippen molar-refractivity contribution in [3.63, 3.8) is 0 Å². The van der Waals surface area contributed by atoms with Crippen LogP contribution in [0.4, 0.5) is 0 Å². The summed E-state index contributed by atoms with van der Waals surface area (Å²) in [5.74, 6) is -0.887. The van der Waals surface area contributed by atoms with Crippen LogP contribution in [0.1, 0.15) is 44.9 Å². The van der Waals surface area contributed by atoms with Crippen molar-refractivity contribution in [3.8, 4) is 0 Å². The second kappa shape index (κ2) is 5.55. The molecule has 1 heterocycles. The van der Waals surface area contributed by atoms with Crippen molar-refractivity contribution in [1.82, 2.24) is 4.90 Å². The first-order valence-corrected chi connectivity index (χ1v) is 6.76. The second-order valence-electron chi connectivity index (χ2n) is 5.53. The Balaban J connectivity index is 1.91. The maximum absolute atomic E-state index is 12.0. The summed E-state index contributed by atoms with van der Waals surface area (Å²) in [6.45, 7) is 1.61. The van der Waals surface area contributed by atoms with E-state index in [1.54, 1.807) is 0 Å². The van der Waals surface area contributed by atoms with E-state index in [4.69, 9.17) is 5.11 Å². The number of nitrogens with zero attached hydrogens (tertiary/aromatic N) is 1. The summed E-state index contributed by atoms with van der Waals surface area (Å²) >= 11 is 0. The van der Waals surface area contributed by atoms with E-state index in [0.717, 1.165) is 38.8 Å². The topological polar surface area (TPSA) is 57.6 Å². The van der Waals surface area contributed by atoms with Gasteiger partial charge < -0.3 is 10.0 Å². The van der Waals surface area contributed by atoms with Gasteiger partial charge in [-0.25, -0.2) is 0 Å². The van der Waals surface area contributed by atoms with Crippen LogP contribution in [0.5, 0.6) is 0 Å². The minimum absolute atomic E-state index is 0.00558. The number of likely N-dealkylation sites (tertiary alicyclic amines) is 1. The number of carboxylic acids is 1. The zero-order valence-electron chi connectivity index (χ0n) is 10.7. The number of allylic oxidation sites excluding steroid dienone is 2. The van der Waals surface area contributed by atoms with Crippen molar-refractivity contribution in [3.05, 3.63) is 12.2 Å². The molecule has 4 heteroatoms. The molecule has 2 rings (SSSR count). The Bertz CT molecular complexity index is 364. The number of carbonyl (C=O) groups excluding carboxylic acids is 1. The number of carboxylic acid groups (broad SMARTS) is 1. The van der Waals surface area contributed by atoms with Gasteiger partial charge in [0.15, 0.2) is 0 Å². The number of carbonyl (C=O) groups is 2. The molecule has 1 fully saturated rings. The van der Waals surface area contributed by atoms with Gasteiger partial charge in [0.2, 0.25) is 5.91 Å². The largest absolute Gasteiger partial charge is 0.481 e. The fourth-order valence-electron chi connectivity index (χ4n) is 3.11. The third kappa shape index (κ3) is 3.12. The first-order valence-electron chi connectivity index (χ1n) is 6.76. The van der Waals surface area contributed by atoms with Crippen molar-refractivity contribution >= 4 is 11.9 Å². The fraction of sp³-hybridized carbons (Fsp3) is 0.714. The van der Waals surface area contributed by atoms with Gasteiger partial charge in [0, 0.05) is 19.5 Å². The highest BCUT2D eigenvalue weighted by Gasteiger charge is 2.36. The molecule has 2 aliphatic rings. The standard InChI is InChI=1S/C14H21NO3/c16-12(5-6-13(17)18)15-10-4-9-14(11-15)7-2-1-3-8-14/h1-2H,3-11H2,(H,17,18). The minimum atomic E-state index is -0.893. The molecule has 4 nitrogen and oxygen atoms in total. The van der Waals surface area contributed by atoms with Crippen molar-refractivity contribution in [2.45, 2.75) is 44.9 Å². The molecule has 0 aromatic carbocycles. The summed E-state index contributed by atoms with van der Waals surface area (Å²) in [6, 6.07) is 0. The lowest BCUT2D eigenvalue weighted by atomic mass is 9.71. The number of aliphatic carboxylic acids is 1. The average Bonchev–Trinajstić information content (AvgIpc) is 2.37. The Morgan fingerprint density at radius 2 is 2.06 bits per heavy atom. The van der Waals surface area contributed by atoms with E-state index in [-0.39, 0.29) is 24.2 Å². The summed E-state index contributed by atoms with van der Waals surface area (Å²) in [6.07, 6.45) is 10.1. The molecule has 0 bridgehead atoms. The molecular weight excluding hydrogens is 230 g/mol. The zero-order valence-corrected chi connectivity index (χ0v) is 10.7. The number of rotatable bonds is 3. The second-order valence-corrected chi connectivity index (χ2v) is 5.53. The van der Waals surface area contributed by atoms with Gasteiger partial charge in [-0.1, -0.05) is 12.2 Å². The molecule has 1 aliphatic heterocycles. The fourth-order valence-corrected chi connectivity index (χ4v) is 3.11. The molecule has 1 saturated heterocycles.